The van der Waals surface area contributed by atoms with Crippen LogP contribution in [-0.4, -0.2) is 33.3 Å². The third-order valence-electron chi connectivity index (χ3n) is 4.82. The van der Waals surface area contributed by atoms with Crippen molar-refractivity contribution in [2.24, 2.45) is 0 Å². The first-order valence-corrected chi connectivity index (χ1v) is 13.0. The first-order valence-electron chi connectivity index (χ1n) is 9.39. The van der Waals surface area contributed by atoms with Gasteiger partial charge in [-0.3, -0.25) is 4.79 Å². The smallest absolute Gasteiger partial charge is 0.233 e. The molecular weight excluding hydrogens is 457 g/mol. The van der Waals surface area contributed by atoms with Crippen molar-refractivity contribution in [3.8, 4) is 0 Å². The fraction of sp³-hybridized carbons (Fsp3) is 0.250. The number of hydrogen-bond donors (Lipinski definition) is 1. The van der Waals surface area contributed by atoms with Crippen LogP contribution < -0.4 is 5.32 Å². The van der Waals surface area contributed by atoms with Crippen molar-refractivity contribution >= 4 is 56.8 Å². The van der Waals surface area contributed by atoms with E-state index in [1.165, 1.54) is 38.4 Å². The molecule has 1 amide bonds. The average molecular weight is 475 g/mol. The predicted octanol–water partition coefficient (Wildman–Crippen LogP) is 5.13. The normalized spacial score (nSPS) is 15.9. The van der Waals surface area contributed by atoms with Crippen LogP contribution in [0.15, 0.2) is 56.1 Å². The quantitative estimate of drug-likeness (QED) is 0.374. The molecule has 0 fully saturated rings. The molecule has 30 heavy (non-hydrogen) atoms. The lowest BCUT2D eigenvalue weighted by Crippen LogP contribution is -2.40. The number of aromatic nitrogens is 2. The Bertz CT molecular complexity index is 1100. The number of hydrogen-bond acceptors (Lipinski definition) is 9. The monoisotopic (exact) mass is 474 g/mol. The number of nitrogens with one attached hydrogen (secondary N) is 1. The second-order valence-electron chi connectivity index (χ2n) is 6.65. The SMILES string of the molecule is O=C(CSc1nnc(NCc2ccco2)s1)N1CCc2sccc2[C@@H]1c1cccs1. The molecule has 0 spiro atoms. The minimum absolute atomic E-state index is 0.0213. The van der Waals surface area contributed by atoms with E-state index in [4.69, 9.17) is 4.42 Å². The molecule has 0 radical (unpaired) electrons. The molecule has 6 nitrogen and oxygen atoms in total. The number of thioether (sulfide) groups is 1. The number of fused-ring (bicyclic) bond motifs is 1. The molecule has 1 atom stereocenters. The molecule has 5 heterocycles. The van der Waals surface area contributed by atoms with Crippen LogP contribution in [0.5, 0.6) is 0 Å². The second kappa shape index (κ2) is 8.93. The van der Waals surface area contributed by atoms with Crippen molar-refractivity contribution in [3.05, 3.63) is 68.4 Å². The van der Waals surface area contributed by atoms with E-state index >= 15 is 0 Å². The highest BCUT2D eigenvalue weighted by atomic mass is 32.2. The Morgan fingerprint density at radius 1 is 1.23 bits per heavy atom. The molecule has 5 rings (SSSR count). The van der Waals surface area contributed by atoms with E-state index in [1.54, 1.807) is 28.9 Å². The molecule has 0 unspecified atom stereocenters. The molecule has 0 saturated carbocycles. The summed E-state index contributed by atoms with van der Waals surface area (Å²) in [5.74, 6) is 1.33. The van der Waals surface area contributed by atoms with Crippen LogP contribution in [0.1, 0.15) is 27.1 Å². The van der Waals surface area contributed by atoms with Crippen LogP contribution in [-0.2, 0) is 17.8 Å². The van der Waals surface area contributed by atoms with Gasteiger partial charge in [0.15, 0.2) is 4.34 Å². The Hall–Kier alpha value is -2.14. The van der Waals surface area contributed by atoms with E-state index in [2.05, 4.69) is 44.5 Å². The van der Waals surface area contributed by atoms with E-state index in [9.17, 15) is 4.79 Å². The van der Waals surface area contributed by atoms with E-state index in [1.807, 2.05) is 17.0 Å². The average Bonchev–Trinajstić information content (AvgIpc) is 3.56. The fourth-order valence-corrected chi connectivity index (χ4v) is 6.85. The van der Waals surface area contributed by atoms with Crippen molar-refractivity contribution in [2.75, 3.05) is 17.6 Å². The maximum absolute atomic E-state index is 13.1. The summed E-state index contributed by atoms with van der Waals surface area (Å²) in [5, 5.41) is 16.5. The molecule has 1 aliphatic heterocycles. The molecule has 154 valence electrons. The molecular formula is C20H18N4O2S4. The molecule has 0 bridgehead atoms. The van der Waals surface area contributed by atoms with E-state index in [0.29, 0.717) is 12.3 Å². The Labute approximate surface area is 190 Å². The Morgan fingerprint density at radius 3 is 3.03 bits per heavy atom. The number of carbonyl (C=O) groups is 1. The van der Waals surface area contributed by atoms with Crippen LogP contribution in [0.2, 0.25) is 0 Å². The van der Waals surface area contributed by atoms with Gasteiger partial charge in [-0.05, 0) is 47.0 Å². The minimum Gasteiger partial charge on any atom is -0.467 e. The van der Waals surface area contributed by atoms with Gasteiger partial charge in [0, 0.05) is 16.3 Å². The maximum atomic E-state index is 13.1. The number of rotatable bonds is 7. The lowest BCUT2D eigenvalue weighted by molar-refractivity contribution is -0.130. The van der Waals surface area contributed by atoms with Crippen LogP contribution >= 0.6 is 45.8 Å². The lowest BCUT2D eigenvalue weighted by Gasteiger charge is -2.35. The zero-order chi connectivity index (χ0) is 20.3. The van der Waals surface area contributed by atoms with Gasteiger partial charge in [-0.1, -0.05) is 29.2 Å². The van der Waals surface area contributed by atoms with Crippen molar-refractivity contribution < 1.29 is 9.21 Å². The number of anilines is 1. The van der Waals surface area contributed by atoms with Crippen molar-refractivity contribution in [2.45, 2.75) is 23.3 Å². The third-order valence-corrected chi connectivity index (χ3v) is 8.74. The molecule has 0 aromatic carbocycles. The molecule has 10 heteroatoms. The second-order valence-corrected chi connectivity index (χ2v) is 10.8. The third kappa shape index (κ3) is 4.18. The van der Waals surface area contributed by atoms with E-state index in [0.717, 1.165) is 28.2 Å². The minimum atomic E-state index is 0.0213. The maximum Gasteiger partial charge on any atom is 0.233 e. The number of thiophene rings is 2. The summed E-state index contributed by atoms with van der Waals surface area (Å²) in [6.45, 7) is 1.31. The van der Waals surface area contributed by atoms with Gasteiger partial charge in [0.25, 0.3) is 0 Å². The number of furan rings is 1. The summed E-state index contributed by atoms with van der Waals surface area (Å²) in [7, 11) is 0. The Morgan fingerprint density at radius 2 is 2.20 bits per heavy atom. The van der Waals surface area contributed by atoms with Crippen LogP contribution in [0.25, 0.3) is 0 Å². The summed E-state index contributed by atoms with van der Waals surface area (Å²) < 4.78 is 6.09. The molecule has 1 aliphatic rings. The highest BCUT2D eigenvalue weighted by Gasteiger charge is 2.33. The molecule has 4 aromatic rings. The van der Waals surface area contributed by atoms with E-state index < -0.39 is 0 Å². The van der Waals surface area contributed by atoms with Gasteiger partial charge in [0.05, 0.1) is 24.6 Å². The van der Waals surface area contributed by atoms with Gasteiger partial charge in [-0.2, -0.15) is 0 Å². The van der Waals surface area contributed by atoms with Crippen molar-refractivity contribution in [3.63, 3.8) is 0 Å². The predicted molar refractivity (Wildman–Crippen MR) is 123 cm³/mol. The van der Waals surface area contributed by atoms with Crippen LogP contribution in [0.3, 0.4) is 0 Å². The summed E-state index contributed by atoms with van der Waals surface area (Å²) in [4.78, 5) is 17.8. The van der Waals surface area contributed by atoms with Gasteiger partial charge in [-0.25, -0.2) is 0 Å². The zero-order valence-electron chi connectivity index (χ0n) is 15.8. The standard InChI is InChI=1S/C20H18N4O2S4/c25-17(12-29-20-23-22-19(30-20)21-11-13-3-1-8-26-13)24-7-5-15-14(6-10-28-15)18(24)16-4-2-9-27-16/h1-4,6,8-10,18H,5,7,11-12H2,(H,21,22)/t18-/m1/s1. The number of carbonyl (C=O) groups excluding carboxylic acids is 1. The van der Waals surface area contributed by atoms with Gasteiger partial charge in [-0.15, -0.1) is 32.9 Å². The topological polar surface area (TPSA) is 71.3 Å². The van der Waals surface area contributed by atoms with Crippen molar-refractivity contribution in [1.82, 2.24) is 15.1 Å². The summed E-state index contributed by atoms with van der Waals surface area (Å²) in [6.07, 6.45) is 2.57. The largest absolute Gasteiger partial charge is 0.467 e. The Balaban J connectivity index is 1.23. The summed E-state index contributed by atoms with van der Waals surface area (Å²) in [6, 6.07) is 10.1. The van der Waals surface area contributed by atoms with E-state index in [-0.39, 0.29) is 11.9 Å². The highest BCUT2D eigenvalue weighted by molar-refractivity contribution is 8.01. The first kappa shape index (κ1) is 19.8. The molecule has 0 aliphatic carbocycles. The molecule has 4 aromatic heterocycles. The molecule has 1 N–H and O–H groups in total. The van der Waals surface area contributed by atoms with Gasteiger partial charge in [0.2, 0.25) is 11.0 Å². The van der Waals surface area contributed by atoms with Crippen LogP contribution in [0, 0.1) is 0 Å². The zero-order valence-corrected chi connectivity index (χ0v) is 19.1. The van der Waals surface area contributed by atoms with Gasteiger partial charge >= 0.3 is 0 Å². The fourth-order valence-electron chi connectivity index (χ4n) is 3.46. The Kier molecular flexibility index (Phi) is 5.89. The van der Waals surface area contributed by atoms with Crippen molar-refractivity contribution in [1.29, 1.82) is 0 Å². The van der Waals surface area contributed by atoms with Gasteiger partial charge in [0.1, 0.15) is 5.76 Å². The van der Waals surface area contributed by atoms with Crippen LogP contribution in [0.4, 0.5) is 5.13 Å². The molecule has 0 saturated heterocycles. The highest BCUT2D eigenvalue weighted by Crippen LogP contribution is 2.40. The summed E-state index contributed by atoms with van der Waals surface area (Å²) >= 11 is 6.39. The van der Waals surface area contributed by atoms with Gasteiger partial charge < -0.3 is 14.6 Å². The lowest BCUT2D eigenvalue weighted by atomic mass is 9.98. The number of amides is 1. The summed E-state index contributed by atoms with van der Waals surface area (Å²) in [5.41, 5.74) is 1.27. The first-order chi connectivity index (χ1) is 14.8. The number of nitrogens with zero attached hydrogens (tertiary/aromatic N) is 3.